The summed E-state index contributed by atoms with van der Waals surface area (Å²) in [6.07, 6.45) is 2.30. The minimum atomic E-state index is -0.470. The van der Waals surface area contributed by atoms with Crippen LogP contribution in [0.3, 0.4) is 0 Å². The van der Waals surface area contributed by atoms with Crippen molar-refractivity contribution in [1.29, 1.82) is 0 Å². The summed E-state index contributed by atoms with van der Waals surface area (Å²) in [5.41, 5.74) is 2.43. The van der Waals surface area contributed by atoms with E-state index in [4.69, 9.17) is 0 Å². The van der Waals surface area contributed by atoms with Crippen molar-refractivity contribution in [3.63, 3.8) is 0 Å². The number of hydrogen-bond donors (Lipinski definition) is 3. The van der Waals surface area contributed by atoms with Crippen LogP contribution in [0.2, 0.25) is 0 Å². The van der Waals surface area contributed by atoms with Gasteiger partial charge in [0.2, 0.25) is 5.91 Å². The smallest absolute Gasteiger partial charge is 0.280 e. The first-order chi connectivity index (χ1) is 18.6. The van der Waals surface area contributed by atoms with Crippen LogP contribution >= 0.6 is 11.3 Å². The lowest BCUT2D eigenvalue weighted by Gasteiger charge is -2.37. The largest absolute Gasteiger partial charge is 0.350 e. The number of aromatic nitrogens is 2. The van der Waals surface area contributed by atoms with E-state index in [9.17, 15) is 19.2 Å². The second-order valence-corrected chi connectivity index (χ2v) is 12.0. The summed E-state index contributed by atoms with van der Waals surface area (Å²) in [4.78, 5) is 64.6. The molecule has 3 amide bonds. The highest BCUT2D eigenvalue weighted by Crippen LogP contribution is 2.28. The molecule has 0 radical (unpaired) electrons. The number of rotatable bonds is 5. The number of thiazole rings is 1. The molecule has 5 rings (SSSR count). The van der Waals surface area contributed by atoms with Crippen LogP contribution in [0, 0.1) is 12.8 Å². The Hall–Kier alpha value is -3.57. The molecule has 3 heterocycles. The number of aromatic amines is 1. The minimum absolute atomic E-state index is 0.000859. The molecular formula is C28H34N6O4S. The van der Waals surface area contributed by atoms with Gasteiger partial charge in [-0.3, -0.25) is 19.2 Å². The minimum Gasteiger partial charge on any atom is -0.350 e. The molecule has 1 aliphatic carbocycles. The van der Waals surface area contributed by atoms with Gasteiger partial charge in [0.15, 0.2) is 10.4 Å². The van der Waals surface area contributed by atoms with E-state index in [1.54, 1.807) is 31.1 Å². The fourth-order valence-electron chi connectivity index (χ4n) is 5.47. The van der Waals surface area contributed by atoms with Crippen LogP contribution in [0.1, 0.15) is 55.7 Å². The Kier molecular flexibility index (Phi) is 7.55. The van der Waals surface area contributed by atoms with E-state index in [0.29, 0.717) is 35.2 Å². The van der Waals surface area contributed by atoms with Gasteiger partial charge in [0.25, 0.3) is 11.8 Å². The number of pyridine rings is 1. The Balaban J connectivity index is 1.36. The molecule has 0 bridgehead atoms. The molecule has 0 unspecified atom stereocenters. The number of H-pyrrole nitrogens is 1. The summed E-state index contributed by atoms with van der Waals surface area (Å²) in [6.45, 7) is 3.58. The van der Waals surface area contributed by atoms with Crippen LogP contribution in [0.4, 0.5) is 0 Å². The number of hydrogen-bond acceptors (Lipinski definition) is 7. The summed E-state index contributed by atoms with van der Waals surface area (Å²) >= 11 is 1.40. The summed E-state index contributed by atoms with van der Waals surface area (Å²) in [5, 5.41) is 7.01. The SMILES string of the molecule is Cc1ccc2[nH]c(C(=O)N[C@H]3CC[C@H](C(=O)N(C)C)C[C@H]3NC(=O)c3nc4c(s3)CN(C)CC4)cc(=O)c2c1. The van der Waals surface area contributed by atoms with E-state index >= 15 is 0 Å². The van der Waals surface area contributed by atoms with E-state index < -0.39 is 18.0 Å². The highest BCUT2D eigenvalue weighted by molar-refractivity contribution is 7.13. The molecule has 3 aromatic rings. The number of likely N-dealkylation sites (N-methyl/N-ethyl adjacent to an activating group) is 1. The van der Waals surface area contributed by atoms with Crippen molar-refractivity contribution in [2.75, 3.05) is 27.7 Å². The summed E-state index contributed by atoms with van der Waals surface area (Å²) in [6, 6.07) is 5.88. The van der Waals surface area contributed by atoms with Gasteiger partial charge in [0.1, 0.15) is 5.69 Å². The van der Waals surface area contributed by atoms with E-state index in [0.717, 1.165) is 35.6 Å². The van der Waals surface area contributed by atoms with Crippen molar-refractivity contribution >= 4 is 40.0 Å². The highest BCUT2D eigenvalue weighted by atomic mass is 32.1. The lowest BCUT2D eigenvalue weighted by atomic mass is 9.81. The average Bonchev–Trinajstić information content (AvgIpc) is 3.33. The van der Waals surface area contributed by atoms with Crippen LogP contribution in [0.15, 0.2) is 29.1 Å². The van der Waals surface area contributed by atoms with Crippen molar-refractivity contribution in [2.45, 2.75) is 51.2 Å². The molecule has 11 heteroatoms. The summed E-state index contributed by atoms with van der Waals surface area (Å²) in [5.74, 6) is -0.987. The van der Waals surface area contributed by atoms with Crippen LogP contribution in [0.25, 0.3) is 10.9 Å². The van der Waals surface area contributed by atoms with Gasteiger partial charge >= 0.3 is 0 Å². The van der Waals surface area contributed by atoms with Crippen LogP contribution in [0.5, 0.6) is 0 Å². The quantitative estimate of drug-likeness (QED) is 0.446. The van der Waals surface area contributed by atoms with E-state index in [-0.39, 0.29) is 28.9 Å². The van der Waals surface area contributed by atoms with Crippen molar-refractivity contribution in [1.82, 2.24) is 30.4 Å². The topological polar surface area (TPSA) is 128 Å². The fourth-order valence-corrected chi connectivity index (χ4v) is 6.56. The Morgan fingerprint density at radius 2 is 1.87 bits per heavy atom. The molecule has 1 aromatic carbocycles. The Labute approximate surface area is 230 Å². The molecule has 1 aliphatic heterocycles. The number of carbonyl (C=O) groups excluding carboxylic acids is 3. The first-order valence-corrected chi connectivity index (χ1v) is 14.0. The van der Waals surface area contributed by atoms with E-state index in [2.05, 4.69) is 25.5 Å². The molecule has 3 atom stereocenters. The molecule has 206 valence electrons. The standard InChI is InChI=1S/C28H34N6O4S/c1-15-5-7-18-17(11-15)23(35)13-22(29-18)25(36)30-19-8-6-16(28(38)33(2)3)12-21(19)31-26(37)27-32-20-9-10-34(4)14-24(20)39-27/h5,7,11,13,16,19,21H,6,8-10,12,14H2,1-4H3,(H,29,35)(H,30,36)(H,31,37)/t16-,19-,21+/m0/s1. The van der Waals surface area contributed by atoms with Crippen molar-refractivity contribution in [3.05, 3.63) is 61.3 Å². The molecule has 39 heavy (non-hydrogen) atoms. The number of nitrogens with one attached hydrogen (secondary N) is 3. The third kappa shape index (κ3) is 5.74. The Bertz CT molecular complexity index is 1490. The molecule has 0 spiro atoms. The lowest BCUT2D eigenvalue weighted by molar-refractivity contribution is -0.134. The van der Waals surface area contributed by atoms with Gasteiger partial charge in [0.05, 0.1) is 11.7 Å². The van der Waals surface area contributed by atoms with Gasteiger partial charge in [-0.05, 0) is 45.4 Å². The summed E-state index contributed by atoms with van der Waals surface area (Å²) in [7, 11) is 5.49. The second kappa shape index (κ2) is 10.9. The zero-order valence-corrected chi connectivity index (χ0v) is 23.5. The first kappa shape index (κ1) is 27.0. The molecule has 1 saturated carbocycles. The number of aryl methyl sites for hydroxylation is 1. The monoisotopic (exact) mass is 550 g/mol. The molecule has 0 saturated heterocycles. The van der Waals surface area contributed by atoms with Crippen molar-refractivity contribution in [3.8, 4) is 0 Å². The van der Waals surface area contributed by atoms with Crippen LogP contribution in [-0.4, -0.2) is 77.3 Å². The maximum atomic E-state index is 13.3. The van der Waals surface area contributed by atoms with Gasteiger partial charge in [-0.25, -0.2) is 4.98 Å². The molecule has 3 N–H and O–H groups in total. The predicted molar refractivity (Wildman–Crippen MR) is 150 cm³/mol. The Morgan fingerprint density at radius 3 is 2.64 bits per heavy atom. The average molecular weight is 551 g/mol. The zero-order chi connectivity index (χ0) is 27.8. The Morgan fingerprint density at radius 1 is 1.10 bits per heavy atom. The number of carbonyl (C=O) groups is 3. The third-order valence-corrected chi connectivity index (χ3v) is 8.70. The van der Waals surface area contributed by atoms with E-state index in [1.807, 2.05) is 20.0 Å². The highest BCUT2D eigenvalue weighted by Gasteiger charge is 2.37. The van der Waals surface area contributed by atoms with Crippen LogP contribution in [-0.2, 0) is 17.8 Å². The van der Waals surface area contributed by atoms with Gasteiger partial charge in [-0.2, -0.15) is 0 Å². The second-order valence-electron chi connectivity index (χ2n) is 10.9. The number of amides is 3. The van der Waals surface area contributed by atoms with Crippen molar-refractivity contribution < 1.29 is 14.4 Å². The lowest BCUT2D eigenvalue weighted by Crippen LogP contribution is -2.56. The molecule has 2 aromatic heterocycles. The summed E-state index contributed by atoms with van der Waals surface area (Å²) < 4.78 is 0. The van der Waals surface area contributed by atoms with Gasteiger partial charge in [-0.1, -0.05) is 11.6 Å². The van der Waals surface area contributed by atoms with Crippen molar-refractivity contribution in [2.24, 2.45) is 5.92 Å². The molecule has 2 aliphatic rings. The van der Waals surface area contributed by atoms with Gasteiger partial charge < -0.3 is 25.4 Å². The number of benzene rings is 1. The third-order valence-electron chi connectivity index (χ3n) is 7.62. The molecular weight excluding hydrogens is 516 g/mol. The predicted octanol–water partition coefficient (Wildman–Crippen LogP) is 2.07. The van der Waals surface area contributed by atoms with Gasteiger partial charge in [-0.15, -0.1) is 11.3 Å². The maximum Gasteiger partial charge on any atom is 0.280 e. The maximum absolute atomic E-state index is 13.3. The van der Waals surface area contributed by atoms with Crippen LogP contribution < -0.4 is 16.1 Å². The normalized spacial score (nSPS) is 21.3. The van der Waals surface area contributed by atoms with E-state index in [1.165, 1.54) is 17.4 Å². The zero-order valence-electron chi connectivity index (χ0n) is 22.7. The molecule has 1 fully saturated rings. The fraction of sp³-hybridized carbons (Fsp3) is 0.464. The first-order valence-electron chi connectivity index (χ1n) is 13.2. The number of fused-ring (bicyclic) bond motifs is 2. The van der Waals surface area contributed by atoms with Gasteiger partial charge in [0, 0.05) is 67.4 Å². The molecule has 10 nitrogen and oxygen atoms in total. The number of nitrogens with zero attached hydrogens (tertiary/aromatic N) is 3.